The number of thioether (sulfide) groups is 1. The molecule has 2 aromatic rings. The van der Waals surface area contributed by atoms with E-state index in [2.05, 4.69) is 15.1 Å². The molecule has 0 saturated heterocycles. The lowest BCUT2D eigenvalue weighted by atomic mass is 10.4. The van der Waals surface area contributed by atoms with Gasteiger partial charge >= 0.3 is 0 Å². The van der Waals surface area contributed by atoms with Crippen molar-refractivity contribution in [2.45, 2.75) is 23.9 Å². The molecule has 8 nitrogen and oxygen atoms in total. The molecule has 0 aliphatic heterocycles. The second-order valence-corrected chi connectivity index (χ2v) is 5.11. The maximum absolute atomic E-state index is 11.8. The summed E-state index contributed by atoms with van der Waals surface area (Å²) < 4.78 is 1.39. The van der Waals surface area contributed by atoms with Crippen molar-refractivity contribution in [3.05, 3.63) is 16.6 Å². The average molecular weight is 283 g/mol. The van der Waals surface area contributed by atoms with Crippen LogP contribution >= 0.6 is 11.8 Å². The second-order valence-electron chi connectivity index (χ2n) is 3.78. The standard InChI is InChI=1S/C10H12N4O4S/c1-5(9(17)18)19-10-12-7-6(8(16)13-10)4-11-14(7)2-3-15/h4-5,15H,2-3H2,1H3,(H,17,18)(H,12,13,16)/p-1/t5-/m1/s1. The predicted octanol–water partition coefficient (Wildman–Crippen LogP) is -1.66. The van der Waals surface area contributed by atoms with Crippen molar-refractivity contribution in [1.82, 2.24) is 19.7 Å². The Balaban J connectivity index is 2.44. The van der Waals surface area contributed by atoms with Gasteiger partial charge in [-0.05, 0) is 6.92 Å². The van der Waals surface area contributed by atoms with Gasteiger partial charge in [0, 0.05) is 5.25 Å². The Hall–Kier alpha value is -1.87. The number of aliphatic hydroxyl groups is 1. The van der Waals surface area contributed by atoms with Crippen LogP contribution in [-0.2, 0) is 11.3 Å². The summed E-state index contributed by atoms with van der Waals surface area (Å²) in [5.74, 6) is -1.24. The molecule has 19 heavy (non-hydrogen) atoms. The Morgan fingerprint density at radius 2 is 2.42 bits per heavy atom. The molecule has 0 radical (unpaired) electrons. The minimum atomic E-state index is -1.24. The summed E-state index contributed by atoms with van der Waals surface area (Å²) >= 11 is 0.879. The second kappa shape index (κ2) is 5.41. The van der Waals surface area contributed by atoms with Crippen molar-refractivity contribution in [3.8, 4) is 0 Å². The van der Waals surface area contributed by atoms with Gasteiger partial charge in [0.25, 0.3) is 5.56 Å². The van der Waals surface area contributed by atoms with Crippen LogP contribution in [0.4, 0.5) is 0 Å². The minimum Gasteiger partial charge on any atom is -0.549 e. The highest BCUT2D eigenvalue weighted by Gasteiger charge is 2.12. The molecule has 0 aliphatic rings. The van der Waals surface area contributed by atoms with Crippen LogP contribution < -0.4 is 10.7 Å². The number of hydrogen-bond acceptors (Lipinski definition) is 7. The third-order valence-corrected chi connectivity index (χ3v) is 3.38. The van der Waals surface area contributed by atoms with Crippen LogP contribution in [0.15, 0.2) is 16.1 Å². The topological polar surface area (TPSA) is 124 Å². The molecular formula is C10H11N4O4S-. The number of H-pyrrole nitrogens is 1. The highest BCUT2D eigenvalue weighted by molar-refractivity contribution is 8.00. The van der Waals surface area contributed by atoms with Crippen molar-refractivity contribution in [2.24, 2.45) is 0 Å². The number of aliphatic hydroxyl groups excluding tert-OH is 1. The minimum absolute atomic E-state index is 0.136. The fraction of sp³-hybridized carbons (Fsp3) is 0.400. The summed E-state index contributed by atoms with van der Waals surface area (Å²) in [7, 11) is 0. The molecule has 9 heteroatoms. The van der Waals surface area contributed by atoms with Crippen LogP contribution in [0.2, 0.25) is 0 Å². The number of aromatic amines is 1. The maximum atomic E-state index is 11.8. The molecule has 0 unspecified atom stereocenters. The summed E-state index contributed by atoms with van der Waals surface area (Å²) in [5.41, 5.74) is -0.0897. The molecule has 0 aliphatic carbocycles. The third kappa shape index (κ3) is 2.76. The normalized spacial score (nSPS) is 12.7. The molecule has 1 atom stereocenters. The molecule has 2 heterocycles. The molecule has 0 aromatic carbocycles. The largest absolute Gasteiger partial charge is 0.549 e. The number of carboxylic acid groups (broad SMARTS) is 1. The van der Waals surface area contributed by atoms with E-state index in [1.54, 1.807) is 0 Å². The molecule has 0 amide bonds. The molecule has 0 fully saturated rings. The fourth-order valence-corrected chi connectivity index (χ4v) is 2.20. The highest BCUT2D eigenvalue weighted by Crippen LogP contribution is 2.19. The van der Waals surface area contributed by atoms with Gasteiger partial charge in [0.2, 0.25) is 0 Å². The molecule has 0 saturated carbocycles. The van der Waals surface area contributed by atoms with E-state index in [4.69, 9.17) is 5.11 Å². The number of carboxylic acids is 1. The van der Waals surface area contributed by atoms with Crippen molar-refractivity contribution >= 4 is 28.8 Å². The van der Waals surface area contributed by atoms with Gasteiger partial charge in [0.15, 0.2) is 10.8 Å². The monoisotopic (exact) mass is 283 g/mol. The highest BCUT2D eigenvalue weighted by atomic mass is 32.2. The Kier molecular flexibility index (Phi) is 3.86. The van der Waals surface area contributed by atoms with E-state index in [0.717, 1.165) is 11.8 Å². The van der Waals surface area contributed by atoms with E-state index in [1.165, 1.54) is 17.8 Å². The first-order valence-corrected chi connectivity index (χ1v) is 6.35. The number of hydrogen-bond donors (Lipinski definition) is 2. The summed E-state index contributed by atoms with van der Waals surface area (Å²) in [5, 5.41) is 23.1. The van der Waals surface area contributed by atoms with Gasteiger partial charge in [-0.2, -0.15) is 5.10 Å². The molecule has 2 N–H and O–H groups in total. The van der Waals surface area contributed by atoms with Crippen LogP contribution in [0.25, 0.3) is 11.0 Å². The number of nitrogens with zero attached hydrogens (tertiary/aromatic N) is 3. The van der Waals surface area contributed by atoms with E-state index < -0.39 is 16.8 Å². The Morgan fingerprint density at radius 1 is 1.68 bits per heavy atom. The van der Waals surface area contributed by atoms with E-state index in [-0.39, 0.29) is 18.3 Å². The predicted molar refractivity (Wildman–Crippen MR) is 65.6 cm³/mol. The number of aliphatic carboxylic acids is 1. The first-order chi connectivity index (χ1) is 9.02. The van der Waals surface area contributed by atoms with Crippen molar-refractivity contribution < 1.29 is 15.0 Å². The Labute approximate surface area is 111 Å². The molecule has 2 aromatic heterocycles. The Morgan fingerprint density at radius 3 is 3.05 bits per heavy atom. The zero-order valence-corrected chi connectivity index (χ0v) is 10.8. The number of carbonyl (C=O) groups excluding carboxylic acids is 1. The van der Waals surface area contributed by atoms with Gasteiger partial charge in [0.05, 0.1) is 25.3 Å². The van der Waals surface area contributed by atoms with Crippen LogP contribution in [0.5, 0.6) is 0 Å². The average Bonchev–Trinajstić information content (AvgIpc) is 2.73. The maximum Gasteiger partial charge on any atom is 0.262 e. The summed E-state index contributed by atoms with van der Waals surface area (Å²) in [6.45, 7) is 1.51. The van der Waals surface area contributed by atoms with Crippen LogP contribution in [0, 0.1) is 0 Å². The lowest BCUT2D eigenvalue weighted by molar-refractivity contribution is -0.304. The van der Waals surface area contributed by atoms with E-state index >= 15 is 0 Å². The van der Waals surface area contributed by atoms with Crippen molar-refractivity contribution in [2.75, 3.05) is 6.61 Å². The van der Waals surface area contributed by atoms with E-state index in [1.807, 2.05) is 0 Å². The molecular weight excluding hydrogens is 272 g/mol. The summed E-state index contributed by atoms with van der Waals surface area (Å²) in [6.07, 6.45) is 1.35. The SMILES string of the molecule is C[C@@H](Sc1nc2c(cnn2CCO)c(=O)[nH]1)C(=O)[O-]. The zero-order valence-electron chi connectivity index (χ0n) is 9.99. The van der Waals surface area contributed by atoms with E-state index in [9.17, 15) is 14.7 Å². The van der Waals surface area contributed by atoms with Gasteiger partial charge in [-0.1, -0.05) is 11.8 Å². The molecule has 2 rings (SSSR count). The van der Waals surface area contributed by atoms with Gasteiger partial charge in [-0.3, -0.25) is 4.79 Å². The first-order valence-electron chi connectivity index (χ1n) is 5.47. The van der Waals surface area contributed by atoms with Gasteiger partial charge in [0.1, 0.15) is 5.39 Å². The Bertz CT molecular complexity index is 665. The number of aromatic nitrogens is 4. The van der Waals surface area contributed by atoms with Gasteiger partial charge in [-0.25, -0.2) is 9.67 Å². The van der Waals surface area contributed by atoms with Crippen molar-refractivity contribution in [1.29, 1.82) is 0 Å². The molecule has 0 bridgehead atoms. The molecule has 0 spiro atoms. The number of carbonyl (C=O) groups is 1. The smallest absolute Gasteiger partial charge is 0.262 e. The van der Waals surface area contributed by atoms with E-state index in [0.29, 0.717) is 11.0 Å². The lowest BCUT2D eigenvalue weighted by Gasteiger charge is -2.10. The molecule has 102 valence electrons. The van der Waals surface area contributed by atoms with Crippen LogP contribution in [0.1, 0.15) is 6.92 Å². The van der Waals surface area contributed by atoms with Gasteiger partial charge < -0.3 is 20.0 Å². The first kappa shape index (κ1) is 13.6. The number of rotatable bonds is 5. The number of nitrogens with one attached hydrogen (secondary N) is 1. The summed E-state index contributed by atoms with van der Waals surface area (Å²) in [6, 6.07) is 0. The quantitative estimate of drug-likeness (QED) is 0.497. The van der Waals surface area contributed by atoms with Crippen LogP contribution in [-0.4, -0.2) is 42.7 Å². The van der Waals surface area contributed by atoms with Crippen molar-refractivity contribution in [3.63, 3.8) is 0 Å². The fourth-order valence-electron chi connectivity index (χ4n) is 1.48. The zero-order chi connectivity index (χ0) is 14.0. The lowest BCUT2D eigenvalue weighted by Crippen LogP contribution is -2.31. The number of fused-ring (bicyclic) bond motifs is 1. The third-order valence-electron chi connectivity index (χ3n) is 2.42. The summed E-state index contributed by atoms with van der Waals surface area (Å²) in [4.78, 5) is 29.1. The van der Waals surface area contributed by atoms with Gasteiger partial charge in [-0.15, -0.1) is 0 Å². The van der Waals surface area contributed by atoms with Crippen LogP contribution in [0.3, 0.4) is 0 Å².